The van der Waals surface area contributed by atoms with Crippen molar-refractivity contribution in [2.45, 2.75) is 40.0 Å². The fourth-order valence-electron chi connectivity index (χ4n) is 4.97. The molecule has 5 nitrogen and oxygen atoms in total. The second kappa shape index (κ2) is 11.0. The molecular formula is C29H30Cl2N4OS. The summed E-state index contributed by atoms with van der Waals surface area (Å²) in [6, 6.07) is 15.9. The lowest BCUT2D eigenvalue weighted by molar-refractivity contribution is -0.122. The van der Waals surface area contributed by atoms with Gasteiger partial charge in [-0.25, -0.2) is 4.99 Å². The van der Waals surface area contributed by atoms with Crippen molar-refractivity contribution in [2.24, 2.45) is 4.99 Å². The highest BCUT2D eigenvalue weighted by molar-refractivity contribution is 8.18. The third-order valence-corrected chi connectivity index (χ3v) is 8.47. The Morgan fingerprint density at radius 1 is 1.00 bits per heavy atom. The smallest absolute Gasteiger partial charge is 0.266 e. The van der Waals surface area contributed by atoms with Gasteiger partial charge in [0.25, 0.3) is 5.91 Å². The molecule has 0 atom stereocenters. The number of hydrogen-bond acceptors (Lipinski definition) is 4. The van der Waals surface area contributed by atoms with Crippen LogP contribution >= 0.6 is 35.0 Å². The summed E-state index contributed by atoms with van der Waals surface area (Å²) in [5.74, 6) is -0.0261. The normalized spacial score (nSPS) is 18.5. The minimum Gasteiger partial charge on any atom is -0.372 e. The van der Waals surface area contributed by atoms with Gasteiger partial charge >= 0.3 is 0 Å². The quantitative estimate of drug-likeness (QED) is 0.301. The van der Waals surface area contributed by atoms with Crippen LogP contribution in [-0.4, -0.2) is 40.2 Å². The average Bonchev–Trinajstić information content (AvgIpc) is 3.35. The summed E-state index contributed by atoms with van der Waals surface area (Å²) in [5.41, 5.74) is 5.88. The Labute approximate surface area is 232 Å². The number of hydrogen-bond donors (Lipinski definition) is 0. The number of likely N-dealkylation sites (N-methyl/N-ethyl adjacent to an activating group) is 1. The van der Waals surface area contributed by atoms with Crippen LogP contribution in [0.4, 0.5) is 11.4 Å². The van der Waals surface area contributed by atoms with Crippen LogP contribution in [0.15, 0.2) is 58.4 Å². The molecule has 5 rings (SSSR count). The van der Waals surface area contributed by atoms with Gasteiger partial charge in [0, 0.05) is 41.7 Å². The Morgan fingerprint density at radius 3 is 2.43 bits per heavy atom. The number of amidine groups is 1. The number of rotatable bonds is 5. The second-order valence-electron chi connectivity index (χ2n) is 9.38. The Hall–Kier alpha value is -2.67. The fraction of sp³-hybridized carbons (Fsp3) is 0.310. The van der Waals surface area contributed by atoms with Crippen LogP contribution < -0.4 is 4.90 Å². The van der Waals surface area contributed by atoms with Crippen LogP contribution in [0.25, 0.3) is 11.8 Å². The van der Waals surface area contributed by atoms with Crippen molar-refractivity contribution in [3.8, 4) is 5.69 Å². The molecule has 2 aliphatic rings. The van der Waals surface area contributed by atoms with Gasteiger partial charge in [0.15, 0.2) is 5.17 Å². The Balaban J connectivity index is 1.42. The number of halogens is 2. The summed E-state index contributed by atoms with van der Waals surface area (Å²) in [4.78, 5) is 22.9. The molecule has 3 heterocycles. The van der Waals surface area contributed by atoms with Crippen LogP contribution in [0.3, 0.4) is 0 Å². The van der Waals surface area contributed by atoms with Crippen molar-refractivity contribution >= 4 is 63.5 Å². The number of amides is 1. The highest BCUT2D eigenvalue weighted by Crippen LogP contribution is 2.36. The van der Waals surface area contributed by atoms with Gasteiger partial charge in [0.2, 0.25) is 0 Å². The molecule has 0 saturated carbocycles. The van der Waals surface area contributed by atoms with Gasteiger partial charge < -0.3 is 9.47 Å². The zero-order valence-corrected chi connectivity index (χ0v) is 23.6. The van der Waals surface area contributed by atoms with Crippen molar-refractivity contribution in [1.82, 2.24) is 9.47 Å². The van der Waals surface area contributed by atoms with E-state index in [2.05, 4.69) is 27.7 Å². The van der Waals surface area contributed by atoms with E-state index in [1.165, 1.54) is 36.7 Å². The molecule has 0 N–H and O–H groups in total. The van der Waals surface area contributed by atoms with E-state index in [0.717, 1.165) is 41.4 Å². The summed E-state index contributed by atoms with van der Waals surface area (Å²) in [7, 11) is 0. The number of anilines is 1. The minimum absolute atomic E-state index is 0.0261. The molecule has 0 spiro atoms. The monoisotopic (exact) mass is 552 g/mol. The molecule has 3 aromatic rings. The van der Waals surface area contributed by atoms with E-state index in [1.807, 2.05) is 45.0 Å². The molecule has 1 aromatic heterocycles. The molecule has 0 bridgehead atoms. The van der Waals surface area contributed by atoms with Gasteiger partial charge in [-0.3, -0.25) is 9.69 Å². The Morgan fingerprint density at radius 2 is 1.73 bits per heavy atom. The maximum atomic E-state index is 13.3. The number of carbonyl (C=O) groups is 1. The van der Waals surface area contributed by atoms with Crippen molar-refractivity contribution in [2.75, 3.05) is 24.5 Å². The van der Waals surface area contributed by atoms with E-state index >= 15 is 0 Å². The third-order valence-electron chi connectivity index (χ3n) is 6.91. The molecular weight excluding hydrogens is 523 g/mol. The van der Waals surface area contributed by atoms with Crippen molar-refractivity contribution < 1.29 is 4.79 Å². The molecule has 192 valence electrons. The summed E-state index contributed by atoms with van der Waals surface area (Å²) in [5, 5.41) is 1.95. The van der Waals surface area contributed by atoms with Gasteiger partial charge in [-0.2, -0.15) is 0 Å². The van der Waals surface area contributed by atoms with Crippen molar-refractivity contribution in [1.29, 1.82) is 0 Å². The van der Waals surface area contributed by atoms with E-state index in [9.17, 15) is 4.79 Å². The van der Waals surface area contributed by atoms with Gasteiger partial charge in [0.05, 0.1) is 21.3 Å². The van der Waals surface area contributed by atoms with Crippen molar-refractivity contribution in [3.63, 3.8) is 0 Å². The first-order valence-corrected chi connectivity index (χ1v) is 14.2. The predicted octanol–water partition coefficient (Wildman–Crippen LogP) is 8.02. The van der Waals surface area contributed by atoms with Gasteiger partial charge in [0.1, 0.15) is 0 Å². The van der Waals surface area contributed by atoms with Crippen LogP contribution in [0.2, 0.25) is 10.0 Å². The molecule has 2 aliphatic heterocycles. The highest BCUT2D eigenvalue weighted by atomic mass is 35.5. The average molecular weight is 554 g/mol. The number of carbonyl (C=O) groups excluding carboxylic acids is 1. The lowest BCUT2D eigenvalue weighted by atomic mass is 10.1. The largest absolute Gasteiger partial charge is 0.372 e. The summed E-state index contributed by atoms with van der Waals surface area (Å²) < 4.78 is 2.07. The molecule has 0 aliphatic carbocycles. The maximum Gasteiger partial charge on any atom is 0.266 e. The van der Waals surface area contributed by atoms with E-state index in [0.29, 0.717) is 26.7 Å². The van der Waals surface area contributed by atoms with E-state index in [4.69, 9.17) is 28.2 Å². The minimum atomic E-state index is -0.0261. The zero-order chi connectivity index (χ0) is 26.1. The lowest BCUT2D eigenvalue weighted by Crippen LogP contribution is -2.29. The number of nitrogens with zero attached hydrogens (tertiary/aromatic N) is 4. The molecule has 2 saturated heterocycles. The first-order valence-electron chi connectivity index (χ1n) is 12.6. The summed E-state index contributed by atoms with van der Waals surface area (Å²) >= 11 is 14.2. The first-order chi connectivity index (χ1) is 17.9. The Bertz CT molecular complexity index is 1390. The highest BCUT2D eigenvalue weighted by Gasteiger charge is 2.32. The van der Waals surface area contributed by atoms with Crippen LogP contribution in [-0.2, 0) is 4.79 Å². The lowest BCUT2D eigenvalue weighted by Gasteiger charge is -2.28. The number of thioether (sulfide) groups is 1. The van der Waals surface area contributed by atoms with Crippen LogP contribution in [0, 0.1) is 13.8 Å². The zero-order valence-electron chi connectivity index (χ0n) is 21.3. The molecule has 0 radical (unpaired) electrons. The van der Waals surface area contributed by atoms with Crippen LogP contribution in [0.5, 0.6) is 0 Å². The number of aromatic nitrogens is 1. The third kappa shape index (κ3) is 5.33. The van der Waals surface area contributed by atoms with Crippen LogP contribution in [0.1, 0.15) is 43.1 Å². The number of benzene rings is 2. The van der Waals surface area contributed by atoms with Gasteiger partial charge in [-0.15, -0.1) is 0 Å². The summed E-state index contributed by atoms with van der Waals surface area (Å²) in [6.45, 7) is 8.81. The number of piperidine rings is 1. The van der Waals surface area contributed by atoms with E-state index in [-0.39, 0.29) is 5.91 Å². The van der Waals surface area contributed by atoms with Crippen molar-refractivity contribution in [3.05, 3.63) is 80.4 Å². The first kappa shape index (κ1) is 26.0. The standard InChI is InChI=1S/C29H30Cl2N4OS/c1-4-34-28(36)27(17-21-16-19(2)35(20(21)3)26-18-22(30)8-13-25(26)31)37-29(34)32-23-9-11-24(12-10-23)33-14-6-5-7-15-33/h8-13,16-18H,4-7,14-15H2,1-3H3/b27-17-,32-29?. The molecule has 1 amide bonds. The van der Waals surface area contributed by atoms with Gasteiger partial charge in [-0.1, -0.05) is 23.2 Å². The van der Waals surface area contributed by atoms with E-state index < -0.39 is 0 Å². The number of aliphatic imine (C=N–C) groups is 1. The predicted molar refractivity (Wildman–Crippen MR) is 158 cm³/mol. The second-order valence-corrected chi connectivity index (χ2v) is 11.2. The fourth-order valence-corrected chi connectivity index (χ4v) is 6.40. The maximum absolute atomic E-state index is 13.3. The molecule has 2 aromatic carbocycles. The molecule has 8 heteroatoms. The molecule has 37 heavy (non-hydrogen) atoms. The Kier molecular flexibility index (Phi) is 7.70. The molecule has 2 fully saturated rings. The molecule has 0 unspecified atom stereocenters. The SMILES string of the molecule is CCN1C(=O)/C(=C/c2cc(C)n(-c3cc(Cl)ccc3Cl)c2C)SC1=Nc1ccc(N2CCCCC2)cc1. The summed E-state index contributed by atoms with van der Waals surface area (Å²) in [6.07, 6.45) is 5.76. The number of aryl methyl sites for hydroxylation is 1. The van der Waals surface area contributed by atoms with Gasteiger partial charge in [-0.05, 0) is 112 Å². The van der Waals surface area contributed by atoms with E-state index in [1.54, 1.807) is 17.0 Å². The topological polar surface area (TPSA) is 40.8 Å².